The number of hydrogen-bond donors (Lipinski definition) is 2. The zero-order valence-corrected chi connectivity index (χ0v) is 20.5. The molecule has 7 heteroatoms. The lowest BCUT2D eigenvalue weighted by atomic mass is 9.98. The fraction of sp³-hybridized carbons (Fsp3) is 0.800. The highest BCUT2D eigenvalue weighted by Crippen LogP contribution is 2.17. The van der Waals surface area contributed by atoms with Gasteiger partial charge in [0.1, 0.15) is 0 Å². The van der Waals surface area contributed by atoms with Gasteiger partial charge in [-0.1, -0.05) is 6.92 Å². The molecule has 1 aromatic heterocycles. The van der Waals surface area contributed by atoms with Gasteiger partial charge in [-0.25, -0.2) is 0 Å². The molecule has 0 aliphatic carbocycles. The molecule has 1 aliphatic heterocycles. The van der Waals surface area contributed by atoms with Gasteiger partial charge < -0.3 is 10.6 Å². The third-order valence-electron chi connectivity index (χ3n) is 5.78. The quantitative estimate of drug-likeness (QED) is 0.366. The monoisotopic (exact) mass is 490 g/mol. The summed E-state index contributed by atoms with van der Waals surface area (Å²) in [5.74, 6) is 1.76. The molecule has 0 bridgehead atoms. The highest BCUT2D eigenvalue weighted by Gasteiger charge is 2.20. The number of likely N-dealkylation sites (tertiary alicyclic amines) is 1. The van der Waals surface area contributed by atoms with E-state index < -0.39 is 0 Å². The molecule has 0 radical (unpaired) electrons. The van der Waals surface area contributed by atoms with E-state index in [1.807, 2.05) is 18.8 Å². The van der Waals surface area contributed by atoms with Crippen molar-refractivity contribution in [3.05, 3.63) is 17.0 Å². The number of hydrogen-bond acceptors (Lipinski definition) is 3. The Morgan fingerprint density at radius 3 is 2.41 bits per heavy atom. The summed E-state index contributed by atoms with van der Waals surface area (Å²) in [5, 5.41) is 11.5. The normalized spacial score (nSPS) is 18.7. The summed E-state index contributed by atoms with van der Waals surface area (Å²) in [7, 11) is 3.85. The number of nitrogens with one attached hydrogen (secondary N) is 2. The van der Waals surface area contributed by atoms with Crippen LogP contribution < -0.4 is 10.6 Å². The van der Waals surface area contributed by atoms with Crippen LogP contribution in [0.5, 0.6) is 0 Å². The number of guanidine groups is 1. The van der Waals surface area contributed by atoms with E-state index >= 15 is 0 Å². The Kier molecular flexibility index (Phi) is 10.1. The van der Waals surface area contributed by atoms with E-state index in [9.17, 15) is 0 Å². The van der Waals surface area contributed by atoms with Crippen LogP contribution in [0, 0.1) is 19.8 Å². The number of rotatable bonds is 6. The highest BCUT2D eigenvalue weighted by atomic mass is 127. The van der Waals surface area contributed by atoms with Crippen LogP contribution in [0.4, 0.5) is 0 Å². The summed E-state index contributed by atoms with van der Waals surface area (Å²) >= 11 is 0. The van der Waals surface area contributed by atoms with E-state index in [1.165, 1.54) is 37.2 Å². The summed E-state index contributed by atoms with van der Waals surface area (Å²) in [4.78, 5) is 6.99. The fourth-order valence-electron chi connectivity index (χ4n) is 3.74. The van der Waals surface area contributed by atoms with Crippen LogP contribution in [-0.4, -0.2) is 59.4 Å². The van der Waals surface area contributed by atoms with Gasteiger partial charge >= 0.3 is 0 Å². The second-order valence-corrected chi connectivity index (χ2v) is 8.04. The molecule has 2 heterocycles. The van der Waals surface area contributed by atoms with Gasteiger partial charge in [-0.05, 0) is 71.5 Å². The summed E-state index contributed by atoms with van der Waals surface area (Å²) in [5.41, 5.74) is 3.69. The lowest BCUT2D eigenvalue weighted by Crippen LogP contribution is -2.49. The van der Waals surface area contributed by atoms with Gasteiger partial charge in [-0.15, -0.1) is 24.0 Å². The molecule has 2 rings (SSSR count). The zero-order chi connectivity index (χ0) is 19.3. The Labute approximate surface area is 182 Å². The van der Waals surface area contributed by atoms with Gasteiger partial charge in [-0.3, -0.25) is 14.6 Å². The van der Waals surface area contributed by atoms with Crippen molar-refractivity contribution in [1.82, 2.24) is 25.3 Å². The Balaban J connectivity index is 0.00000364. The minimum absolute atomic E-state index is 0. The number of aryl methyl sites for hydroxylation is 2. The molecule has 156 valence electrons. The molecule has 0 amide bonds. The van der Waals surface area contributed by atoms with Crippen LogP contribution in [-0.2, 0) is 13.5 Å². The van der Waals surface area contributed by atoms with Gasteiger partial charge in [0.15, 0.2) is 5.96 Å². The van der Waals surface area contributed by atoms with Gasteiger partial charge in [0.2, 0.25) is 0 Å². The van der Waals surface area contributed by atoms with Gasteiger partial charge in [0.05, 0.1) is 5.69 Å². The lowest BCUT2D eigenvalue weighted by molar-refractivity contribution is 0.147. The van der Waals surface area contributed by atoms with E-state index in [4.69, 9.17) is 0 Å². The van der Waals surface area contributed by atoms with Crippen LogP contribution in [0.15, 0.2) is 4.99 Å². The fourth-order valence-corrected chi connectivity index (χ4v) is 3.74. The molecular formula is C20H39IN6. The molecule has 1 saturated heterocycles. The third kappa shape index (κ3) is 6.93. The number of piperidine rings is 1. The number of nitrogens with zero attached hydrogens (tertiary/aromatic N) is 4. The van der Waals surface area contributed by atoms with Crippen molar-refractivity contribution < 1.29 is 0 Å². The molecule has 2 unspecified atom stereocenters. The second-order valence-electron chi connectivity index (χ2n) is 8.04. The Hall–Kier alpha value is -0.830. The molecule has 0 saturated carbocycles. The molecule has 2 N–H and O–H groups in total. The van der Waals surface area contributed by atoms with Crippen LogP contribution in [0.1, 0.15) is 50.6 Å². The van der Waals surface area contributed by atoms with Crippen molar-refractivity contribution in [1.29, 1.82) is 0 Å². The van der Waals surface area contributed by atoms with E-state index in [0.29, 0.717) is 12.1 Å². The van der Waals surface area contributed by atoms with Gasteiger partial charge in [0.25, 0.3) is 0 Å². The predicted molar refractivity (Wildman–Crippen MR) is 125 cm³/mol. The SMILES string of the molecule is CN=C(NCC(C)N1CCC(C)CC1)NC(C)Cc1c(C)nn(C)c1C.I. The highest BCUT2D eigenvalue weighted by molar-refractivity contribution is 14.0. The number of aliphatic imine (C=N–C) groups is 1. The summed E-state index contributed by atoms with van der Waals surface area (Å²) in [6, 6.07) is 0.827. The number of halogens is 1. The first-order valence-electron chi connectivity index (χ1n) is 10.0. The Bertz CT molecular complexity index is 604. The molecule has 2 atom stereocenters. The first kappa shape index (κ1) is 24.2. The first-order chi connectivity index (χ1) is 12.3. The van der Waals surface area contributed by atoms with Crippen LogP contribution in [0.3, 0.4) is 0 Å². The average molecular weight is 490 g/mol. The average Bonchev–Trinajstić information content (AvgIpc) is 2.85. The lowest BCUT2D eigenvalue weighted by Gasteiger charge is -2.35. The van der Waals surface area contributed by atoms with Crippen molar-refractivity contribution >= 4 is 29.9 Å². The molecule has 1 fully saturated rings. The summed E-state index contributed by atoms with van der Waals surface area (Å²) in [6.45, 7) is 14.4. The maximum atomic E-state index is 4.52. The molecule has 0 aromatic carbocycles. The van der Waals surface area contributed by atoms with Gasteiger partial charge in [-0.2, -0.15) is 5.10 Å². The zero-order valence-electron chi connectivity index (χ0n) is 18.2. The molecule has 0 spiro atoms. The smallest absolute Gasteiger partial charge is 0.191 e. The maximum absolute atomic E-state index is 4.52. The van der Waals surface area contributed by atoms with Crippen molar-refractivity contribution in [2.24, 2.45) is 18.0 Å². The Morgan fingerprint density at radius 1 is 1.26 bits per heavy atom. The van der Waals surface area contributed by atoms with E-state index in [0.717, 1.165) is 30.5 Å². The standard InChI is InChI=1S/C20H38N6.HI/c1-14-8-10-26(11-9-14)16(3)13-22-20(21-6)23-15(2)12-19-17(4)24-25(7)18(19)5;/h14-16H,8-13H2,1-7H3,(H2,21,22,23);1H. The largest absolute Gasteiger partial charge is 0.355 e. The van der Waals surface area contributed by atoms with Crippen LogP contribution in [0.25, 0.3) is 0 Å². The number of aromatic nitrogens is 2. The minimum atomic E-state index is 0. The van der Waals surface area contributed by atoms with Crippen molar-refractivity contribution in [3.63, 3.8) is 0 Å². The summed E-state index contributed by atoms with van der Waals surface area (Å²) < 4.78 is 1.96. The van der Waals surface area contributed by atoms with E-state index in [2.05, 4.69) is 60.2 Å². The first-order valence-corrected chi connectivity index (χ1v) is 10.0. The van der Waals surface area contributed by atoms with Crippen LogP contribution >= 0.6 is 24.0 Å². The van der Waals surface area contributed by atoms with Crippen LogP contribution in [0.2, 0.25) is 0 Å². The second kappa shape index (κ2) is 11.2. The maximum Gasteiger partial charge on any atom is 0.191 e. The molecule has 1 aliphatic rings. The summed E-state index contributed by atoms with van der Waals surface area (Å²) in [6.07, 6.45) is 3.59. The van der Waals surface area contributed by atoms with Crippen molar-refractivity contribution in [2.45, 2.75) is 66.0 Å². The molecule has 6 nitrogen and oxygen atoms in total. The molecule has 1 aromatic rings. The molecular weight excluding hydrogens is 451 g/mol. The van der Waals surface area contributed by atoms with E-state index in [1.54, 1.807) is 0 Å². The third-order valence-corrected chi connectivity index (χ3v) is 5.78. The minimum Gasteiger partial charge on any atom is -0.355 e. The van der Waals surface area contributed by atoms with Crippen molar-refractivity contribution in [3.8, 4) is 0 Å². The topological polar surface area (TPSA) is 57.5 Å². The molecule has 27 heavy (non-hydrogen) atoms. The predicted octanol–water partition coefficient (Wildman–Crippen LogP) is 2.87. The van der Waals surface area contributed by atoms with E-state index in [-0.39, 0.29) is 24.0 Å². The van der Waals surface area contributed by atoms with Crippen molar-refractivity contribution in [2.75, 3.05) is 26.7 Å². The Morgan fingerprint density at radius 2 is 1.89 bits per heavy atom. The van der Waals surface area contributed by atoms with Gasteiger partial charge in [0, 0.05) is 38.4 Å².